The summed E-state index contributed by atoms with van der Waals surface area (Å²) >= 11 is 0. The zero-order chi connectivity index (χ0) is 42.5. The van der Waals surface area contributed by atoms with Crippen molar-refractivity contribution < 1.29 is 62.3 Å². The fourth-order valence-corrected chi connectivity index (χ4v) is 7.49. The molecule has 0 aromatic heterocycles. The Labute approximate surface area is 342 Å². The SMILES string of the molecule is CC(C)(C)OC(=O)CCC(CO)NC(=O)CCNC(=O)C1=CC2OC3(Cc4ccccc4C3)OC2C(OC(=O)c2cccc(C=CC(=O)OC3C(=O)OCC3(C)C)c2)C1. The fraction of sp³-hybridized carbons (Fsp3) is 0.500. The van der Waals surface area contributed by atoms with Crippen LogP contribution in [0.25, 0.3) is 6.08 Å². The standard InChI is InChI=1S/C44H52N2O13/c1-42(2,3)58-36(50)16-14-31(24-47)46-34(48)17-18-45-39(51)30-20-32(37-33(21-30)57-44(59-37)22-28-10-6-7-11-29(28)23-44)55-40(52)27-12-8-9-26(19-27)13-15-35(49)56-38-41(53)54-25-43(38,4)5/h6-13,15,19,21,31-33,37-38,47H,14,16-18,20,22-25H2,1-5H3,(H,45,51)(H,46,48). The van der Waals surface area contributed by atoms with E-state index in [0.29, 0.717) is 18.4 Å². The summed E-state index contributed by atoms with van der Waals surface area (Å²) in [6, 6.07) is 13.6. The highest BCUT2D eigenvalue weighted by atomic mass is 16.8. The van der Waals surface area contributed by atoms with Gasteiger partial charge in [-0.1, -0.05) is 50.2 Å². The number of rotatable bonds is 14. The Balaban J connectivity index is 1.09. The molecule has 6 rings (SSSR count). The van der Waals surface area contributed by atoms with Gasteiger partial charge in [0.2, 0.25) is 17.9 Å². The number of amides is 2. The minimum atomic E-state index is -1.03. The maximum absolute atomic E-state index is 13.7. The average molecular weight is 817 g/mol. The number of carbonyl (C=O) groups excluding carboxylic acids is 6. The van der Waals surface area contributed by atoms with Gasteiger partial charge in [-0.25, -0.2) is 14.4 Å². The van der Waals surface area contributed by atoms with Gasteiger partial charge >= 0.3 is 23.9 Å². The second kappa shape index (κ2) is 17.9. The number of nitrogens with one attached hydrogen (secondary N) is 2. The van der Waals surface area contributed by atoms with E-state index in [1.165, 1.54) is 12.1 Å². The molecule has 4 aliphatic rings. The van der Waals surface area contributed by atoms with Crippen molar-refractivity contribution in [2.45, 2.75) is 115 Å². The Hall–Kier alpha value is -5.38. The molecule has 2 fully saturated rings. The molecule has 5 unspecified atom stereocenters. The second-order valence-electron chi connectivity index (χ2n) is 17.0. The predicted molar refractivity (Wildman–Crippen MR) is 210 cm³/mol. The zero-order valence-electron chi connectivity index (χ0n) is 33.9. The molecule has 1 spiro atoms. The molecule has 15 heteroatoms. The number of esters is 4. The Morgan fingerprint density at radius 1 is 0.983 bits per heavy atom. The van der Waals surface area contributed by atoms with Crippen LogP contribution in [0.3, 0.4) is 0 Å². The number of fused-ring (bicyclic) bond motifs is 2. The summed E-state index contributed by atoms with van der Waals surface area (Å²) < 4.78 is 34.9. The largest absolute Gasteiger partial charge is 0.462 e. The van der Waals surface area contributed by atoms with Gasteiger partial charge in [0.15, 0.2) is 5.79 Å². The van der Waals surface area contributed by atoms with Crippen molar-refractivity contribution in [2.75, 3.05) is 19.8 Å². The summed E-state index contributed by atoms with van der Waals surface area (Å²) in [5.74, 6) is -4.40. The van der Waals surface area contributed by atoms with E-state index in [4.69, 9.17) is 28.4 Å². The molecule has 2 aromatic carbocycles. The second-order valence-corrected chi connectivity index (χ2v) is 17.0. The zero-order valence-corrected chi connectivity index (χ0v) is 33.9. The van der Waals surface area contributed by atoms with Gasteiger partial charge in [0.1, 0.15) is 30.5 Å². The van der Waals surface area contributed by atoms with E-state index in [9.17, 15) is 33.9 Å². The minimum absolute atomic E-state index is 0.0000395. The highest BCUT2D eigenvalue weighted by molar-refractivity contribution is 5.95. The average Bonchev–Trinajstić information content (AvgIpc) is 3.81. The van der Waals surface area contributed by atoms with Crippen LogP contribution in [0.1, 0.15) is 87.4 Å². The predicted octanol–water partition coefficient (Wildman–Crippen LogP) is 3.43. The molecule has 0 bridgehead atoms. The van der Waals surface area contributed by atoms with Gasteiger partial charge in [0.25, 0.3) is 0 Å². The topological polar surface area (TPSA) is 202 Å². The molecule has 2 amide bonds. The molecule has 2 aliphatic carbocycles. The quantitative estimate of drug-likeness (QED) is 0.142. The Bertz CT molecular complexity index is 1990. The van der Waals surface area contributed by atoms with Gasteiger partial charge in [-0.2, -0.15) is 0 Å². The molecular weight excluding hydrogens is 764 g/mol. The molecule has 0 radical (unpaired) electrons. The molecule has 2 aromatic rings. The van der Waals surface area contributed by atoms with Crippen molar-refractivity contribution in [1.29, 1.82) is 0 Å². The molecule has 59 heavy (non-hydrogen) atoms. The van der Waals surface area contributed by atoms with Crippen LogP contribution in [0.4, 0.5) is 0 Å². The van der Waals surface area contributed by atoms with E-state index in [-0.39, 0.29) is 56.6 Å². The summed E-state index contributed by atoms with van der Waals surface area (Å²) in [7, 11) is 0. The third-order valence-electron chi connectivity index (χ3n) is 10.4. The van der Waals surface area contributed by atoms with Crippen LogP contribution >= 0.6 is 0 Å². The smallest absolute Gasteiger partial charge is 0.348 e. The summed E-state index contributed by atoms with van der Waals surface area (Å²) in [5.41, 5.74) is 1.80. The van der Waals surface area contributed by atoms with E-state index in [2.05, 4.69) is 10.6 Å². The van der Waals surface area contributed by atoms with Gasteiger partial charge in [-0.15, -0.1) is 0 Å². The van der Waals surface area contributed by atoms with Crippen molar-refractivity contribution in [2.24, 2.45) is 5.41 Å². The Morgan fingerprint density at radius 3 is 2.37 bits per heavy atom. The van der Waals surface area contributed by atoms with Crippen LogP contribution in [0, 0.1) is 5.41 Å². The third kappa shape index (κ3) is 11.0. The summed E-state index contributed by atoms with van der Waals surface area (Å²) in [4.78, 5) is 76.7. The van der Waals surface area contributed by atoms with Crippen LogP contribution in [0.2, 0.25) is 0 Å². The van der Waals surface area contributed by atoms with E-state index in [1.54, 1.807) is 58.9 Å². The van der Waals surface area contributed by atoms with Crippen molar-refractivity contribution >= 4 is 41.8 Å². The fourth-order valence-electron chi connectivity index (χ4n) is 7.49. The Morgan fingerprint density at radius 2 is 1.71 bits per heavy atom. The van der Waals surface area contributed by atoms with Crippen molar-refractivity contribution in [3.05, 3.63) is 88.5 Å². The maximum atomic E-state index is 13.7. The van der Waals surface area contributed by atoms with Crippen molar-refractivity contribution in [1.82, 2.24) is 10.6 Å². The lowest BCUT2D eigenvalue weighted by molar-refractivity contribution is -0.172. The third-order valence-corrected chi connectivity index (χ3v) is 10.4. The molecule has 3 N–H and O–H groups in total. The molecule has 0 saturated carbocycles. The first-order chi connectivity index (χ1) is 27.9. The highest BCUT2D eigenvalue weighted by Crippen LogP contribution is 2.45. The van der Waals surface area contributed by atoms with Gasteiger partial charge in [0.05, 0.1) is 18.2 Å². The number of hydrogen-bond donors (Lipinski definition) is 3. The molecular formula is C44H52N2O13. The first kappa shape index (κ1) is 43.2. The number of aliphatic hydroxyl groups excluding tert-OH is 1. The molecule has 15 nitrogen and oxygen atoms in total. The number of ether oxygens (including phenoxy) is 6. The normalized spacial score (nSPS) is 23.1. The van der Waals surface area contributed by atoms with Crippen LogP contribution in [-0.4, -0.2) is 102 Å². The first-order valence-electron chi connectivity index (χ1n) is 19.8. The lowest BCUT2D eigenvalue weighted by Crippen LogP contribution is -2.44. The molecule has 2 saturated heterocycles. The van der Waals surface area contributed by atoms with Gasteiger partial charge in [0, 0.05) is 55.7 Å². The number of benzene rings is 2. The van der Waals surface area contributed by atoms with Crippen LogP contribution in [0.15, 0.2) is 66.3 Å². The minimum Gasteiger partial charge on any atom is -0.462 e. The molecule has 5 atom stereocenters. The first-order valence-corrected chi connectivity index (χ1v) is 19.8. The highest BCUT2D eigenvalue weighted by Gasteiger charge is 2.55. The van der Waals surface area contributed by atoms with E-state index in [1.807, 2.05) is 24.3 Å². The maximum Gasteiger partial charge on any atom is 0.348 e. The Kier molecular flexibility index (Phi) is 13.1. The van der Waals surface area contributed by atoms with Crippen LogP contribution in [-0.2, 0) is 65.2 Å². The van der Waals surface area contributed by atoms with E-state index in [0.717, 1.165) is 17.2 Å². The number of cyclic esters (lactones) is 1. The molecule has 2 heterocycles. The van der Waals surface area contributed by atoms with Crippen LogP contribution in [0.5, 0.6) is 0 Å². The summed E-state index contributed by atoms with van der Waals surface area (Å²) in [5, 5.41) is 15.2. The number of hydrogen-bond acceptors (Lipinski definition) is 13. The van der Waals surface area contributed by atoms with Gasteiger partial charge < -0.3 is 44.2 Å². The van der Waals surface area contributed by atoms with Gasteiger partial charge in [-0.3, -0.25) is 14.4 Å². The monoisotopic (exact) mass is 816 g/mol. The summed E-state index contributed by atoms with van der Waals surface area (Å²) in [6.07, 6.45) is 1.94. The lowest BCUT2D eigenvalue weighted by atomic mass is 9.90. The lowest BCUT2D eigenvalue weighted by Gasteiger charge is -2.30. The van der Waals surface area contributed by atoms with Gasteiger partial charge in [-0.05, 0) is 68.2 Å². The number of aliphatic hydroxyl groups is 1. The molecule has 316 valence electrons. The number of carbonyl (C=O) groups is 6. The van der Waals surface area contributed by atoms with Crippen molar-refractivity contribution in [3.63, 3.8) is 0 Å². The summed E-state index contributed by atoms with van der Waals surface area (Å²) in [6.45, 7) is 8.52. The van der Waals surface area contributed by atoms with Crippen molar-refractivity contribution in [3.8, 4) is 0 Å². The van der Waals surface area contributed by atoms with Crippen LogP contribution < -0.4 is 10.6 Å². The van der Waals surface area contributed by atoms with E-state index < -0.39 is 83.0 Å². The van der Waals surface area contributed by atoms with E-state index >= 15 is 0 Å². The molecule has 2 aliphatic heterocycles.